The second-order valence-corrected chi connectivity index (χ2v) is 5.14. The molecule has 0 bridgehead atoms. The van der Waals surface area contributed by atoms with E-state index in [4.69, 9.17) is 4.74 Å². The van der Waals surface area contributed by atoms with Crippen LogP contribution in [0.4, 0.5) is 5.69 Å². The van der Waals surface area contributed by atoms with Crippen LogP contribution in [0.5, 0.6) is 0 Å². The largest absolute Gasteiger partial charge is 0.380 e. The van der Waals surface area contributed by atoms with Gasteiger partial charge in [-0.05, 0) is 12.1 Å². The zero-order valence-corrected chi connectivity index (χ0v) is 11.6. The Morgan fingerprint density at radius 3 is 2.79 bits per heavy atom. The van der Waals surface area contributed by atoms with Gasteiger partial charge in [0.05, 0.1) is 12.1 Å². The van der Waals surface area contributed by atoms with Gasteiger partial charge in [-0.3, -0.25) is 0 Å². The van der Waals surface area contributed by atoms with E-state index in [9.17, 15) is 0 Å². The number of fused-ring (bicyclic) bond motifs is 1. The Balaban J connectivity index is 1.98. The van der Waals surface area contributed by atoms with Crippen molar-refractivity contribution in [1.29, 1.82) is 0 Å². The molecule has 1 aromatic carbocycles. The quantitative estimate of drug-likeness (QED) is 0.910. The molecule has 0 unspecified atom stereocenters. The molecule has 0 aliphatic carbocycles. The van der Waals surface area contributed by atoms with Gasteiger partial charge in [-0.25, -0.2) is 0 Å². The number of ether oxygens (including phenoxy) is 1. The van der Waals surface area contributed by atoms with Crippen molar-refractivity contribution in [2.75, 3.05) is 38.2 Å². The summed E-state index contributed by atoms with van der Waals surface area (Å²) in [4.78, 5) is 2.44. The van der Waals surface area contributed by atoms with Crippen molar-refractivity contribution in [3.8, 4) is 0 Å². The van der Waals surface area contributed by atoms with Crippen LogP contribution in [0, 0.1) is 0 Å². The molecular weight excluding hydrogens is 238 g/mol. The number of anilines is 1. The Bertz CT molecular complexity index is 570. The maximum Gasteiger partial charge on any atom is 0.0733 e. The summed E-state index contributed by atoms with van der Waals surface area (Å²) in [6.45, 7) is 4.98. The van der Waals surface area contributed by atoms with Gasteiger partial charge >= 0.3 is 0 Å². The molecule has 1 N–H and O–H groups in total. The molecule has 0 radical (unpaired) electrons. The predicted molar refractivity (Wildman–Crippen MR) is 78.7 cm³/mol. The molecule has 4 nitrogen and oxygen atoms in total. The molecule has 0 amide bonds. The van der Waals surface area contributed by atoms with Gasteiger partial charge in [0, 0.05) is 63.2 Å². The van der Waals surface area contributed by atoms with Crippen LogP contribution in [0.3, 0.4) is 0 Å². The number of rotatable bonds is 3. The van der Waals surface area contributed by atoms with Crippen LogP contribution in [0.25, 0.3) is 10.9 Å². The van der Waals surface area contributed by atoms with Crippen molar-refractivity contribution >= 4 is 16.6 Å². The maximum atomic E-state index is 5.26. The third kappa shape index (κ3) is 2.33. The van der Waals surface area contributed by atoms with Crippen molar-refractivity contribution < 1.29 is 4.74 Å². The molecule has 4 heteroatoms. The zero-order valence-electron chi connectivity index (χ0n) is 11.6. The molecule has 1 saturated heterocycles. The van der Waals surface area contributed by atoms with Crippen molar-refractivity contribution in [3.63, 3.8) is 0 Å². The number of aromatic nitrogens is 1. The number of aryl methyl sites for hydroxylation is 1. The van der Waals surface area contributed by atoms with Gasteiger partial charge in [0.1, 0.15) is 0 Å². The van der Waals surface area contributed by atoms with E-state index in [1.807, 2.05) is 0 Å². The van der Waals surface area contributed by atoms with Crippen LogP contribution in [0.15, 0.2) is 24.4 Å². The second-order valence-electron chi connectivity index (χ2n) is 5.14. The lowest BCUT2D eigenvalue weighted by Gasteiger charge is -2.29. The van der Waals surface area contributed by atoms with E-state index in [2.05, 4.69) is 46.2 Å². The number of nitrogens with one attached hydrogen (secondary N) is 1. The van der Waals surface area contributed by atoms with Gasteiger partial charge in [-0.1, -0.05) is 6.07 Å². The molecule has 0 atom stereocenters. The van der Waals surface area contributed by atoms with Crippen LogP contribution >= 0.6 is 0 Å². The molecule has 1 aliphatic heterocycles. The lowest BCUT2D eigenvalue weighted by Crippen LogP contribution is -2.43. The van der Waals surface area contributed by atoms with Gasteiger partial charge in [0.2, 0.25) is 0 Å². The standard InChI is InChI=1S/C15H21N3O/c1-17-10-12(11-19-2)14-4-3-13(9-15(14)17)18-7-5-16-6-8-18/h3-4,9-10,16H,5-8,11H2,1-2H3. The van der Waals surface area contributed by atoms with Gasteiger partial charge in [0.15, 0.2) is 0 Å². The predicted octanol–water partition coefficient (Wildman–Crippen LogP) is 1.73. The van der Waals surface area contributed by atoms with Crippen molar-refractivity contribution in [1.82, 2.24) is 9.88 Å². The van der Waals surface area contributed by atoms with Crippen LogP contribution in [0.2, 0.25) is 0 Å². The molecule has 2 aromatic rings. The first-order valence-electron chi connectivity index (χ1n) is 6.82. The topological polar surface area (TPSA) is 29.4 Å². The van der Waals surface area contributed by atoms with E-state index in [1.54, 1.807) is 7.11 Å². The normalized spacial score (nSPS) is 16.2. The summed E-state index contributed by atoms with van der Waals surface area (Å²) >= 11 is 0. The van der Waals surface area contributed by atoms with Gasteiger partial charge in [-0.15, -0.1) is 0 Å². The lowest BCUT2D eigenvalue weighted by molar-refractivity contribution is 0.186. The van der Waals surface area contributed by atoms with Gasteiger partial charge < -0.3 is 19.5 Å². The summed E-state index contributed by atoms with van der Waals surface area (Å²) < 4.78 is 7.45. The molecule has 1 fully saturated rings. The summed E-state index contributed by atoms with van der Waals surface area (Å²) in [5.41, 5.74) is 3.86. The Morgan fingerprint density at radius 2 is 2.05 bits per heavy atom. The van der Waals surface area contributed by atoms with E-state index in [0.717, 1.165) is 26.2 Å². The monoisotopic (exact) mass is 259 g/mol. The minimum Gasteiger partial charge on any atom is -0.380 e. The Labute approximate surface area is 114 Å². The van der Waals surface area contributed by atoms with Crippen LogP contribution in [-0.2, 0) is 18.4 Å². The summed E-state index contributed by atoms with van der Waals surface area (Å²) in [7, 11) is 3.84. The van der Waals surface area contributed by atoms with Crippen molar-refractivity contribution in [2.24, 2.45) is 7.05 Å². The lowest BCUT2D eigenvalue weighted by atomic mass is 10.1. The molecule has 0 saturated carbocycles. The van der Waals surface area contributed by atoms with Crippen LogP contribution in [0.1, 0.15) is 5.56 Å². The number of methoxy groups -OCH3 is 1. The van der Waals surface area contributed by atoms with E-state index < -0.39 is 0 Å². The van der Waals surface area contributed by atoms with Gasteiger partial charge in [-0.2, -0.15) is 0 Å². The fourth-order valence-corrected chi connectivity index (χ4v) is 2.85. The number of hydrogen-bond acceptors (Lipinski definition) is 3. The highest BCUT2D eigenvalue weighted by Crippen LogP contribution is 2.26. The minimum atomic E-state index is 0.671. The van der Waals surface area contributed by atoms with E-state index in [1.165, 1.54) is 22.2 Å². The van der Waals surface area contributed by atoms with E-state index in [0.29, 0.717) is 6.61 Å². The third-order valence-corrected chi connectivity index (χ3v) is 3.84. The van der Waals surface area contributed by atoms with E-state index >= 15 is 0 Å². The Hall–Kier alpha value is -1.52. The first-order chi connectivity index (χ1) is 9.29. The van der Waals surface area contributed by atoms with Crippen LogP contribution in [-0.4, -0.2) is 37.9 Å². The first kappa shape index (κ1) is 12.5. The molecule has 1 aliphatic rings. The maximum absolute atomic E-state index is 5.26. The highest BCUT2D eigenvalue weighted by atomic mass is 16.5. The van der Waals surface area contributed by atoms with E-state index in [-0.39, 0.29) is 0 Å². The minimum absolute atomic E-state index is 0.671. The fraction of sp³-hybridized carbons (Fsp3) is 0.467. The SMILES string of the molecule is COCc1cn(C)c2cc(N3CCNCC3)ccc12. The number of hydrogen-bond donors (Lipinski definition) is 1. The first-order valence-corrected chi connectivity index (χ1v) is 6.82. The molecule has 0 spiro atoms. The average Bonchev–Trinajstić information content (AvgIpc) is 2.77. The summed E-state index contributed by atoms with van der Waals surface area (Å²) in [5, 5.41) is 4.69. The average molecular weight is 259 g/mol. The number of benzene rings is 1. The molecular formula is C15H21N3O. The summed E-state index contributed by atoms with van der Waals surface area (Å²) in [6.07, 6.45) is 2.16. The smallest absolute Gasteiger partial charge is 0.0733 e. The molecule has 1 aromatic heterocycles. The van der Waals surface area contributed by atoms with Crippen molar-refractivity contribution in [3.05, 3.63) is 30.0 Å². The molecule has 19 heavy (non-hydrogen) atoms. The third-order valence-electron chi connectivity index (χ3n) is 3.84. The molecule has 2 heterocycles. The summed E-state index contributed by atoms with van der Waals surface area (Å²) in [5.74, 6) is 0. The van der Waals surface area contributed by atoms with Crippen LogP contribution < -0.4 is 10.2 Å². The Morgan fingerprint density at radius 1 is 1.26 bits per heavy atom. The highest BCUT2D eigenvalue weighted by molar-refractivity contribution is 5.87. The van der Waals surface area contributed by atoms with Crippen molar-refractivity contribution in [2.45, 2.75) is 6.61 Å². The Kier molecular flexibility index (Phi) is 3.44. The highest BCUT2D eigenvalue weighted by Gasteiger charge is 2.13. The molecule has 3 rings (SSSR count). The summed E-state index contributed by atoms with van der Waals surface area (Å²) in [6, 6.07) is 6.74. The second kappa shape index (κ2) is 5.23. The number of nitrogens with zero attached hydrogens (tertiary/aromatic N) is 2. The molecule has 102 valence electrons. The fourth-order valence-electron chi connectivity index (χ4n) is 2.85. The zero-order chi connectivity index (χ0) is 13.2. The van der Waals surface area contributed by atoms with Gasteiger partial charge in [0.25, 0.3) is 0 Å². The number of piperazine rings is 1.